The van der Waals surface area contributed by atoms with E-state index in [9.17, 15) is 4.79 Å². The summed E-state index contributed by atoms with van der Waals surface area (Å²) in [7, 11) is 0. The van der Waals surface area contributed by atoms with Gasteiger partial charge in [-0.1, -0.05) is 31.0 Å². The highest BCUT2D eigenvalue weighted by molar-refractivity contribution is 5.81. The number of hydrogen-bond donors (Lipinski definition) is 0. The van der Waals surface area contributed by atoms with Gasteiger partial charge in [0.15, 0.2) is 5.76 Å². The lowest BCUT2D eigenvalue weighted by Crippen LogP contribution is -2.31. The number of para-hydroxylation sites is 1. The largest absolute Gasteiger partial charge is 0.451 e. The van der Waals surface area contributed by atoms with Gasteiger partial charge in [0.2, 0.25) is 11.8 Å². The summed E-state index contributed by atoms with van der Waals surface area (Å²) in [6, 6.07) is 9.63. The van der Waals surface area contributed by atoms with Gasteiger partial charge in [-0.3, -0.25) is 4.79 Å². The van der Waals surface area contributed by atoms with Crippen LogP contribution in [0.4, 0.5) is 0 Å². The molecule has 0 N–H and O–H groups in total. The van der Waals surface area contributed by atoms with E-state index < -0.39 is 0 Å². The van der Waals surface area contributed by atoms with Gasteiger partial charge in [-0.05, 0) is 25.0 Å². The van der Waals surface area contributed by atoms with Crippen molar-refractivity contribution in [2.45, 2.75) is 38.5 Å². The third-order valence-electron chi connectivity index (χ3n) is 4.61. The van der Waals surface area contributed by atoms with Crippen LogP contribution in [0.5, 0.6) is 0 Å². The number of furan rings is 1. The van der Waals surface area contributed by atoms with Gasteiger partial charge < -0.3 is 13.7 Å². The smallest absolute Gasteiger partial charge is 0.283 e. The number of amides is 1. The Balaban J connectivity index is 1.40. The van der Waals surface area contributed by atoms with Crippen LogP contribution in [0.25, 0.3) is 22.6 Å². The number of benzene rings is 1. The van der Waals surface area contributed by atoms with Crippen LogP contribution >= 0.6 is 0 Å². The maximum Gasteiger partial charge on any atom is 0.283 e. The molecule has 25 heavy (non-hydrogen) atoms. The molecule has 3 aromatic rings. The number of fused-ring (bicyclic) bond motifs is 1. The molecule has 1 amide bonds. The fourth-order valence-corrected chi connectivity index (χ4v) is 3.23. The first-order chi connectivity index (χ1) is 12.3. The molecule has 1 aromatic carbocycles. The fourth-order valence-electron chi connectivity index (χ4n) is 3.23. The maximum absolute atomic E-state index is 12.3. The molecule has 1 aliphatic heterocycles. The van der Waals surface area contributed by atoms with E-state index >= 15 is 0 Å². The Morgan fingerprint density at radius 2 is 1.84 bits per heavy atom. The average Bonchev–Trinajstić information content (AvgIpc) is 3.18. The average molecular weight is 339 g/mol. The van der Waals surface area contributed by atoms with Gasteiger partial charge in [0.1, 0.15) is 5.58 Å². The standard InChI is InChI=1S/C19H21N3O3/c23-18(22-11-5-1-2-6-12-22)10-9-17-20-21-19(25-17)16-13-14-7-3-4-8-15(14)24-16/h3-4,7-8,13H,1-2,5-6,9-12H2. The molecule has 2 aromatic heterocycles. The molecule has 6 heteroatoms. The monoisotopic (exact) mass is 339 g/mol. The molecule has 0 radical (unpaired) electrons. The Morgan fingerprint density at radius 3 is 2.64 bits per heavy atom. The molecule has 3 heterocycles. The van der Waals surface area contributed by atoms with E-state index in [-0.39, 0.29) is 5.91 Å². The molecule has 4 rings (SSSR count). The molecule has 1 saturated heterocycles. The molecule has 0 saturated carbocycles. The van der Waals surface area contributed by atoms with E-state index in [1.54, 1.807) is 0 Å². The number of carbonyl (C=O) groups excluding carboxylic acids is 1. The van der Waals surface area contributed by atoms with E-state index in [2.05, 4.69) is 10.2 Å². The number of carbonyl (C=O) groups is 1. The van der Waals surface area contributed by atoms with Crippen LogP contribution < -0.4 is 0 Å². The van der Waals surface area contributed by atoms with Crippen molar-refractivity contribution in [2.24, 2.45) is 0 Å². The molecule has 0 spiro atoms. The van der Waals surface area contributed by atoms with E-state index in [0.717, 1.165) is 36.9 Å². The summed E-state index contributed by atoms with van der Waals surface area (Å²) in [6.07, 6.45) is 5.50. The first-order valence-corrected chi connectivity index (χ1v) is 8.89. The molecule has 1 aliphatic rings. The van der Waals surface area contributed by atoms with E-state index in [1.165, 1.54) is 12.8 Å². The Kier molecular flexibility index (Phi) is 4.50. The lowest BCUT2D eigenvalue weighted by Gasteiger charge is -2.19. The molecule has 0 bridgehead atoms. The molecule has 0 atom stereocenters. The Hall–Kier alpha value is -2.63. The topological polar surface area (TPSA) is 72.4 Å². The van der Waals surface area contributed by atoms with E-state index in [1.807, 2.05) is 35.2 Å². The highest BCUT2D eigenvalue weighted by Gasteiger charge is 2.18. The zero-order chi connectivity index (χ0) is 17.1. The van der Waals surface area contributed by atoms with Crippen molar-refractivity contribution >= 4 is 16.9 Å². The van der Waals surface area contributed by atoms with Crippen molar-refractivity contribution in [2.75, 3.05) is 13.1 Å². The van der Waals surface area contributed by atoms with E-state index in [0.29, 0.717) is 30.4 Å². The normalized spacial score (nSPS) is 15.4. The van der Waals surface area contributed by atoms with Gasteiger partial charge in [0.25, 0.3) is 5.89 Å². The zero-order valence-electron chi connectivity index (χ0n) is 14.1. The van der Waals surface area contributed by atoms with Crippen LogP contribution in [0.15, 0.2) is 39.2 Å². The third-order valence-corrected chi connectivity index (χ3v) is 4.61. The summed E-state index contributed by atoms with van der Waals surface area (Å²) in [5.41, 5.74) is 0.786. The number of likely N-dealkylation sites (tertiary alicyclic amines) is 1. The summed E-state index contributed by atoms with van der Waals surface area (Å²) >= 11 is 0. The highest BCUT2D eigenvalue weighted by Crippen LogP contribution is 2.26. The number of aromatic nitrogens is 2. The van der Waals surface area contributed by atoms with Crippen molar-refractivity contribution in [3.63, 3.8) is 0 Å². The van der Waals surface area contributed by atoms with Gasteiger partial charge in [0, 0.05) is 31.3 Å². The summed E-state index contributed by atoms with van der Waals surface area (Å²) in [6.45, 7) is 1.74. The van der Waals surface area contributed by atoms with Crippen LogP contribution in [0, 0.1) is 0 Å². The number of aryl methyl sites for hydroxylation is 1. The Morgan fingerprint density at radius 1 is 1.04 bits per heavy atom. The summed E-state index contributed by atoms with van der Waals surface area (Å²) in [5, 5.41) is 9.10. The minimum absolute atomic E-state index is 0.172. The second-order valence-corrected chi connectivity index (χ2v) is 6.44. The second kappa shape index (κ2) is 7.09. The first-order valence-electron chi connectivity index (χ1n) is 8.89. The minimum Gasteiger partial charge on any atom is -0.451 e. The molecule has 130 valence electrons. The number of nitrogens with zero attached hydrogens (tertiary/aromatic N) is 3. The Bertz CT molecular complexity index is 827. The summed E-state index contributed by atoms with van der Waals surface area (Å²) in [4.78, 5) is 14.3. The third kappa shape index (κ3) is 3.57. The quantitative estimate of drug-likeness (QED) is 0.722. The zero-order valence-corrected chi connectivity index (χ0v) is 14.1. The summed E-state index contributed by atoms with van der Waals surface area (Å²) in [5.74, 6) is 1.55. The van der Waals surface area contributed by atoms with Crippen LogP contribution in [-0.4, -0.2) is 34.1 Å². The predicted octanol–water partition coefficient (Wildman–Crippen LogP) is 3.82. The lowest BCUT2D eigenvalue weighted by atomic mass is 10.2. The molecule has 0 unspecified atom stereocenters. The van der Waals surface area contributed by atoms with Crippen LogP contribution in [0.2, 0.25) is 0 Å². The van der Waals surface area contributed by atoms with Crippen molar-refractivity contribution in [1.82, 2.24) is 15.1 Å². The Labute approximate surface area is 145 Å². The van der Waals surface area contributed by atoms with Crippen LogP contribution in [-0.2, 0) is 11.2 Å². The maximum atomic E-state index is 12.3. The summed E-state index contributed by atoms with van der Waals surface area (Å²) < 4.78 is 11.4. The fraction of sp³-hybridized carbons (Fsp3) is 0.421. The van der Waals surface area contributed by atoms with Crippen molar-refractivity contribution in [3.05, 3.63) is 36.2 Å². The van der Waals surface area contributed by atoms with Crippen LogP contribution in [0.1, 0.15) is 38.0 Å². The van der Waals surface area contributed by atoms with Gasteiger partial charge in [-0.25, -0.2) is 0 Å². The molecule has 1 fully saturated rings. The van der Waals surface area contributed by atoms with Crippen molar-refractivity contribution < 1.29 is 13.6 Å². The number of rotatable bonds is 4. The highest BCUT2D eigenvalue weighted by atomic mass is 16.4. The van der Waals surface area contributed by atoms with E-state index in [4.69, 9.17) is 8.83 Å². The van der Waals surface area contributed by atoms with Gasteiger partial charge >= 0.3 is 0 Å². The SMILES string of the molecule is O=C(CCc1nnc(-c2cc3ccccc3o2)o1)N1CCCCCC1. The number of hydrogen-bond acceptors (Lipinski definition) is 5. The molecule has 6 nitrogen and oxygen atoms in total. The van der Waals surface area contributed by atoms with Gasteiger partial charge in [-0.2, -0.15) is 0 Å². The first kappa shape index (κ1) is 15.9. The van der Waals surface area contributed by atoms with Crippen molar-refractivity contribution in [1.29, 1.82) is 0 Å². The van der Waals surface area contributed by atoms with Gasteiger partial charge in [-0.15, -0.1) is 10.2 Å². The minimum atomic E-state index is 0.172. The van der Waals surface area contributed by atoms with Gasteiger partial charge in [0.05, 0.1) is 0 Å². The second-order valence-electron chi connectivity index (χ2n) is 6.44. The molecule has 0 aliphatic carbocycles. The molecular weight excluding hydrogens is 318 g/mol. The van der Waals surface area contributed by atoms with Crippen molar-refractivity contribution in [3.8, 4) is 11.7 Å². The van der Waals surface area contributed by atoms with Crippen LogP contribution in [0.3, 0.4) is 0 Å². The molecular formula is C19H21N3O3. The predicted molar refractivity (Wildman–Crippen MR) is 92.9 cm³/mol. The lowest BCUT2D eigenvalue weighted by molar-refractivity contribution is -0.131.